The lowest BCUT2D eigenvalue weighted by molar-refractivity contribution is -0.0968. The Hall–Kier alpha value is -0.950. The highest BCUT2D eigenvalue weighted by atomic mass is 19.4. The summed E-state index contributed by atoms with van der Waals surface area (Å²) in [4.78, 5) is 0. The molecule has 0 aromatic rings. The largest absolute Gasteiger partial charge is 0.420 e. The van der Waals surface area contributed by atoms with Gasteiger partial charge in [0.05, 0.1) is 5.57 Å². The van der Waals surface area contributed by atoms with Crippen molar-refractivity contribution in [3.05, 3.63) is 29.0 Å². The summed E-state index contributed by atoms with van der Waals surface area (Å²) in [5, 5.41) is 0. The Morgan fingerprint density at radius 3 is 2.42 bits per heavy atom. The third kappa shape index (κ3) is 1.62. The standard InChI is InChI=1S/C9H9F3/c1-6-4-3-5-8(7(6)2)9(10,11)12/h3-4,7H,1-2H3. The van der Waals surface area contributed by atoms with Gasteiger partial charge in [-0.3, -0.25) is 0 Å². The third-order valence-corrected chi connectivity index (χ3v) is 2.01. The van der Waals surface area contributed by atoms with E-state index in [-0.39, 0.29) is 0 Å². The van der Waals surface area contributed by atoms with Gasteiger partial charge >= 0.3 is 6.18 Å². The van der Waals surface area contributed by atoms with Crippen molar-refractivity contribution in [2.75, 3.05) is 0 Å². The molecule has 0 N–H and O–H groups in total. The molecule has 1 rings (SSSR count). The van der Waals surface area contributed by atoms with E-state index in [0.717, 1.165) is 5.57 Å². The summed E-state index contributed by atoms with van der Waals surface area (Å²) in [6, 6.07) is 0. The lowest BCUT2D eigenvalue weighted by Crippen LogP contribution is -2.19. The van der Waals surface area contributed by atoms with Crippen molar-refractivity contribution in [3.8, 4) is 0 Å². The maximum Gasteiger partial charge on any atom is 0.420 e. The first-order chi connectivity index (χ1) is 5.43. The first-order valence-corrected chi connectivity index (χ1v) is 3.63. The molecule has 0 aromatic carbocycles. The second-order valence-corrected chi connectivity index (χ2v) is 2.85. The molecule has 3 heteroatoms. The molecule has 0 aromatic heterocycles. The Bertz CT molecular complexity index is 275. The van der Waals surface area contributed by atoms with E-state index in [2.05, 4.69) is 5.73 Å². The summed E-state index contributed by atoms with van der Waals surface area (Å²) in [5.74, 6) is -0.560. The van der Waals surface area contributed by atoms with Crippen LogP contribution in [0.4, 0.5) is 13.2 Å². The monoisotopic (exact) mass is 174 g/mol. The highest BCUT2D eigenvalue weighted by Gasteiger charge is 2.37. The van der Waals surface area contributed by atoms with Gasteiger partial charge in [0.15, 0.2) is 0 Å². The maximum absolute atomic E-state index is 12.2. The summed E-state index contributed by atoms with van der Waals surface area (Å²) in [7, 11) is 0. The molecule has 0 fully saturated rings. The van der Waals surface area contributed by atoms with Gasteiger partial charge in [-0.1, -0.05) is 18.6 Å². The quantitative estimate of drug-likeness (QED) is 0.494. The minimum absolute atomic E-state index is 0.560. The Morgan fingerprint density at radius 1 is 1.42 bits per heavy atom. The lowest BCUT2D eigenvalue weighted by atomic mass is 9.91. The average Bonchev–Trinajstić information content (AvgIpc) is 1.92. The molecule has 0 radical (unpaired) electrons. The van der Waals surface area contributed by atoms with Gasteiger partial charge < -0.3 is 0 Å². The van der Waals surface area contributed by atoms with E-state index in [1.165, 1.54) is 13.0 Å². The smallest absolute Gasteiger partial charge is 0.166 e. The molecular formula is C9H9F3. The van der Waals surface area contributed by atoms with E-state index < -0.39 is 17.7 Å². The number of allylic oxidation sites excluding steroid dienone is 3. The van der Waals surface area contributed by atoms with Crippen LogP contribution in [-0.2, 0) is 0 Å². The van der Waals surface area contributed by atoms with Crippen molar-refractivity contribution in [2.45, 2.75) is 20.0 Å². The van der Waals surface area contributed by atoms with Gasteiger partial charge in [-0.15, -0.1) is 5.73 Å². The van der Waals surface area contributed by atoms with Crippen molar-refractivity contribution < 1.29 is 13.2 Å². The first-order valence-electron chi connectivity index (χ1n) is 3.63. The van der Waals surface area contributed by atoms with Crippen LogP contribution >= 0.6 is 0 Å². The van der Waals surface area contributed by atoms with Gasteiger partial charge in [-0.2, -0.15) is 13.2 Å². The van der Waals surface area contributed by atoms with Crippen molar-refractivity contribution >= 4 is 0 Å². The second kappa shape index (κ2) is 2.83. The number of halogens is 3. The van der Waals surface area contributed by atoms with Crippen LogP contribution < -0.4 is 0 Å². The molecule has 0 saturated heterocycles. The Morgan fingerprint density at radius 2 is 2.00 bits per heavy atom. The zero-order valence-corrected chi connectivity index (χ0v) is 6.87. The van der Waals surface area contributed by atoms with Gasteiger partial charge in [0.1, 0.15) is 0 Å². The molecule has 0 spiro atoms. The highest BCUT2D eigenvalue weighted by Crippen LogP contribution is 2.35. The predicted octanol–water partition coefficient (Wildman–Crippen LogP) is 3.23. The molecule has 1 atom stereocenters. The van der Waals surface area contributed by atoms with E-state index in [4.69, 9.17) is 0 Å². The van der Waals surface area contributed by atoms with Gasteiger partial charge in [0.25, 0.3) is 0 Å². The van der Waals surface area contributed by atoms with E-state index in [0.29, 0.717) is 0 Å². The fourth-order valence-electron chi connectivity index (χ4n) is 1.09. The fraction of sp³-hybridized carbons (Fsp3) is 0.444. The van der Waals surface area contributed by atoms with E-state index >= 15 is 0 Å². The zero-order valence-electron chi connectivity index (χ0n) is 6.87. The van der Waals surface area contributed by atoms with E-state index in [9.17, 15) is 13.2 Å². The number of alkyl halides is 3. The average molecular weight is 174 g/mol. The molecule has 0 bridgehead atoms. The summed E-state index contributed by atoms with van der Waals surface area (Å²) in [6.07, 6.45) is -1.27. The minimum atomic E-state index is -4.24. The molecule has 12 heavy (non-hydrogen) atoms. The number of hydrogen-bond donors (Lipinski definition) is 0. The minimum Gasteiger partial charge on any atom is -0.166 e. The number of hydrogen-bond acceptors (Lipinski definition) is 0. The Balaban J connectivity index is 3.04. The Labute approximate surface area is 69.1 Å². The van der Waals surface area contributed by atoms with Crippen LogP contribution in [0, 0.1) is 5.92 Å². The molecule has 0 nitrogen and oxygen atoms in total. The van der Waals surface area contributed by atoms with Gasteiger partial charge in [-0.05, 0) is 13.0 Å². The van der Waals surface area contributed by atoms with E-state index in [1.807, 2.05) is 0 Å². The molecule has 0 amide bonds. The van der Waals surface area contributed by atoms with Crippen LogP contribution in [0.5, 0.6) is 0 Å². The highest BCUT2D eigenvalue weighted by molar-refractivity contribution is 5.30. The number of rotatable bonds is 0. The molecule has 66 valence electrons. The summed E-state index contributed by atoms with van der Waals surface area (Å²) in [5.41, 5.74) is 2.37. The molecule has 0 aliphatic heterocycles. The van der Waals surface area contributed by atoms with Gasteiger partial charge in [0, 0.05) is 5.92 Å². The molecule has 0 heterocycles. The Kier molecular flexibility index (Phi) is 2.16. The topological polar surface area (TPSA) is 0 Å². The van der Waals surface area contributed by atoms with Crippen LogP contribution in [0.1, 0.15) is 13.8 Å². The van der Waals surface area contributed by atoms with Gasteiger partial charge in [-0.25, -0.2) is 0 Å². The second-order valence-electron chi connectivity index (χ2n) is 2.85. The van der Waals surface area contributed by atoms with Crippen molar-refractivity contribution in [2.24, 2.45) is 5.92 Å². The normalized spacial score (nSPS) is 23.6. The zero-order chi connectivity index (χ0) is 9.35. The molecular weight excluding hydrogens is 165 g/mol. The summed E-state index contributed by atoms with van der Waals surface area (Å²) in [6.45, 7) is 3.22. The van der Waals surface area contributed by atoms with Crippen molar-refractivity contribution in [1.82, 2.24) is 0 Å². The molecule has 0 saturated carbocycles. The fourth-order valence-corrected chi connectivity index (χ4v) is 1.09. The van der Waals surface area contributed by atoms with Crippen LogP contribution in [-0.4, -0.2) is 6.18 Å². The van der Waals surface area contributed by atoms with Crippen molar-refractivity contribution in [3.63, 3.8) is 0 Å². The first kappa shape index (κ1) is 9.14. The molecule has 1 unspecified atom stereocenters. The third-order valence-electron chi connectivity index (χ3n) is 2.01. The lowest BCUT2D eigenvalue weighted by Gasteiger charge is -2.19. The SMILES string of the molecule is CC1=CC=C=C(C(F)(F)F)C1C. The van der Waals surface area contributed by atoms with E-state index in [1.54, 1.807) is 13.0 Å². The maximum atomic E-state index is 12.2. The van der Waals surface area contributed by atoms with Crippen LogP contribution in [0.25, 0.3) is 0 Å². The molecule has 1 aliphatic carbocycles. The van der Waals surface area contributed by atoms with Crippen LogP contribution in [0.3, 0.4) is 0 Å². The predicted molar refractivity (Wildman–Crippen MR) is 40.6 cm³/mol. The van der Waals surface area contributed by atoms with Crippen molar-refractivity contribution in [1.29, 1.82) is 0 Å². The summed E-state index contributed by atoms with van der Waals surface area (Å²) < 4.78 is 36.7. The van der Waals surface area contributed by atoms with Gasteiger partial charge in [0.2, 0.25) is 0 Å². The molecule has 1 aliphatic rings. The van der Waals surface area contributed by atoms with Crippen LogP contribution in [0.2, 0.25) is 0 Å². The summed E-state index contributed by atoms with van der Waals surface area (Å²) >= 11 is 0. The van der Waals surface area contributed by atoms with Crippen LogP contribution in [0.15, 0.2) is 29.0 Å².